The molecule has 0 aliphatic carbocycles. The van der Waals surface area contributed by atoms with E-state index in [-0.39, 0.29) is 17.5 Å². The van der Waals surface area contributed by atoms with Gasteiger partial charge in [-0.25, -0.2) is 4.79 Å². The predicted octanol–water partition coefficient (Wildman–Crippen LogP) is 5.35. The Balaban J connectivity index is 2.23. The van der Waals surface area contributed by atoms with Crippen LogP contribution in [-0.2, 0) is 16.8 Å². The van der Waals surface area contributed by atoms with E-state index in [9.17, 15) is 35.9 Å². The van der Waals surface area contributed by atoms with E-state index in [0.29, 0.717) is 5.56 Å². The molecule has 0 spiro atoms. The number of amides is 2. The van der Waals surface area contributed by atoms with Crippen molar-refractivity contribution in [2.45, 2.75) is 24.7 Å². The van der Waals surface area contributed by atoms with E-state index < -0.39 is 48.3 Å². The predicted molar refractivity (Wildman–Crippen MR) is 121 cm³/mol. The highest BCUT2D eigenvalue weighted by atomic mass is 19.4. The van der Waals surface area contributed by atoms with E-state index in [0.717, 1.165) is 24.3 Å². The van der Waals surface area contributed by atoms with Gasteiger partial charge in [0.05, 0.1) is 5.54 Å². The topological polar surface area (TPSA) is 96.9 Å². The van der Waals surface area contributed by atoms with Crippen LogP contribution in [-0.4, -0.2) is 36.4 Å². The number of nitrogens with one attached hydrogen (secondary N) is 2. The standard InChI is InChI=1S/C25H20F6N2O5/c26-24(27,28)37-19-10-4-8-17(12-19)23(14-16-6-2-1-3-7-16,33-22(36)32-15-21(34)35)18-9-5-11-20(13-18)38-25(29,30)31/h1-13H,14-15H2,(H,34,35)(H2,32,33,36). The second-order valence-electron chi connectivity index (χ2n) is 7.92. The zero-order valence-corrected chi connectivity index (χ0v) is 19.3. The molecule has 13 heteroatoms. The number of alkyl halides is 6. The molecule has 7 nitrogen and oxygen atoms in total. The lowest BCUT2D eigenvalue weighted by molar-refractivity contribution is -0.275. The number of urea groups is 1. The van der Waals surface area contributed by atoms with Crippen LogP contribution in [0.4, 0.5) is 31.1 Å². The number of benzene rings is 3. The summed E-state index contributed by atoms with van der Waals surface area (Å²) in [5, 5.41) is 13.6. The fourth-order valence-corrected chi connectivity index (χ4v) is 3.77. The first-order chi connectivity index (χ1) is 17.8. The van der Waals surface area contributed by atoms with Crippen LogP contribution < -0.4 is 20.1 Å². The molecule has 0 heterocycles. The van der Waals surface area contributed by atoms with Crippen molar-refractivity contribution in [3.05, 3.63) is 95.6 Å². The van der Waals surface area contributed by atoms with Crippen LogP contribution >= 0.6 is 0 Å². The number of carbonyl (C=O) groups is 2. The minimum Gasteiger partial charge on any atom is -0.480 e. The molecule has 0 unspecified atom stereocenters. The number of hydrogen-bond acceptors (Lipinski definition) is 4. The van der Waals surface area contributed by atoms with Gasteiger partial charge in [-0.15, -0.1) is 26.3 Å². The summed E-state index contributed by atoms with van der Waals surface area (Å²) in [5.41, 5.74) is -1.29. The number of carboxylic acids is 1. The monoisotopic (exact) mass is 542 g/mol. The first kappa shape index (κ1) is 28.2. The Bertz CT molecular complexity index is 1210. The zero-order chi connectivity index (χ0) is 28.0. The van der Waals surface area contributed by atoms with Crippen LogP contribution in [0.15, 0.2) is 78.9 Å². The highest BCUT2D eigenvalue weighted by Crippen LogP contribution is 2.38. The lowest BCUT2D eigenvalue weighted by atomic mass is 9.77. The Hall–Kier alpha value is -4.42. The normalized spacial score (nSPS) is 11.9. The summed E-state index contributed by atoms with van der Waals surface area (Å²) < 4.78 is 85.8. The van der Waals surface area contributed by atoms with Crippen LogP contribution in [0.2, 0.25) is 0 Å². The van der Waals surface area contributed by atoms with Gasteiger partial charge in [0, 0.05) is 6.42 Å². The molecular weight excluding hydrogens is 522 g/mol. The first-order valence-electron chi connectivity index (χ1n) is 10.8. The van der Waals surface area contributed by atoms with E-state index in [1.165, 1.54) is 24.3 Å². The average molecular weight is 542 g/mol. The summed E-state index contributed by atoms with van der Waals surface area (Å²) in [7, 11) is 0. The van der Waals surface area contributed by atoms with Gasteiger partial charge in [0.1, 0.15) is 18.0 Å². The van der Waals surface area contributed by atoms with Gasteiger partial charge in [-0.2, -0.15) is 0 Å². The molecule has 0 bridgehead atoms. The van der Waals surface area contributed by atoms with Gasteiger partial charge >= 0.3 is 24.7 Å². The maximum atomic E-state index is 13.0. The lowest BCUT2D eigenvalue weighted by Crippen LogP contribution is -2.52. The molecule has 2 amide bonds. The second kappa shape index (κ2) is 11.3. The second-order valence-corrected chi connectivity index (χ2v) is 7.92. The van der Waals surface area contributed by atoms with Crippen LogP contribution in [0, 0.1) is 0 Å². The first-order valence-corrected chi connectivity index (χ1v) is 10.8. The Morgan fingerprint density at radius 3 is 1.68 bits per heavy atom. The Labute approximate surface area is 212 Å². The Morgan fingerprint density at radius 1 is 0.737 bits per heavy atom. The molecule has 3 aromatic carbocycles. The van der Waals surface area contributed by atoms with Crippen LogP contribution in [0.1, 0.15) is 16.7 Å². The molecule has 0 saturated heterocycles. The van der Waals surface area contributed by atoms with Crippen molar-refractivity contribution in [3.63, 3.8) is 0 Å². The van der Waals surface area contributed by atoms with E-state index >= 15 is 0 Å². The molecule has 38 heavy (non-hydrogen) atoms. The van der Waals surface area contributed by atoms with Gasteiger partial charge in [-0.1, -0.05) is 54.6 Å². The smallest absolute Gasteiger partial charge is 0.480 e. The summed E-state index contributed by atoms with van der Waals surface area (Å²) in [5.74, 6) is -2.68. The van der Waals surface area contributed by atoms with Crippen molar-refractivity contribution in [3.8, 4) is 11.5 Å². The van der Waals surface area contributed by atoms with Crippen molar-refractivity contribution in [2.24, 2.45) is 0 Å². The fourth-order valence-electron chi connectivity index (χ4n) is 3.77. The molecule has 0 fully saturated rings. The molecule has 0 radical (unpaired) electrons. The highest BCUT2D eigenvalue weighted by molar-refractivity contribution is 5.81. The van der Waals surface area contributed by atoms with Gasteiger partial charge in [0.15, 0.2) is 0 Å². The van der Waals surface area contributed by atoms with Gasteiger partial charge < -0.3 is 25.2 Å². The highest BCUT2D eigenvalue weighted by Gasteiger charge is 2.39. The molecule has 0 aliphatic rings. The minimum absolute atomic E-state index is 0.00210. The van der Waals surface area contributed by atoms with Crippen molar-refractivity contribution < 1.29 is 50.5 Å². The van der Waals surface area contributed by atoms with Crippen molar-refractivity contribution >= 4 is 12.0 Å². The van der Waals surface area contributed by atoms with Gasteiger partial charge in [-0.3, -0.25) is 4.79 Å². The maximum absolute atomic E-state index is 13.0. The quantitative estimate of drug-likeness (QED) is 0.317. The van der Waals surface area contributed by atoms with Crippen LogP contribution in [0.5, 0.6) is 11.5 Å². The average Bonchev–Trinajstić information content (AvgIpc) is 2.81. The van der Waals surface area contributed by atoms with Crippen LogP contribution in [0.3, 0.4) is 0 Å². The SMILES string of the molecule is O=C(O)CNC(=O)NC(Cc1ccccc1)(c1cccc(OC(F)(F)F)c1)c1cccc(OC(F)(F)F)c1. The molecule has 0 atom stereocenters. The molecule has 0 aromatic heterocycles. The van der Waals surface area contributed by atoms with Gasteiger partial charge in [0.25, 0.3) is 0 Å². The summed E-state index contributed by atoms with van der Waals surface area (Å²) >= 11 is 0. The number of carbonyl (C=O) groups excluding carboxylic acids is 1. The number of carboxylic acid groups (broad SMARTS) is 1. The third-order valence-corrected chi connectivity index (χ3v) is 5.16. The lowest BCUT2D eigenvalue weighted by Gasteiger charge is -2.37. The molecule has 3 rings (SSSR count). The van der Waals surface area contributed by atoms with Crippen molar-refractivity contribution in [1.82, 2.24) is 10.6 Å². The van der Waals surface area contributed by atoms with E-state index in [4.69, 9.17) is 5.11 Å². The van der Waals surface area contributed by atoms with E-state index in [2.05, 4.69) is 20.1 Å². The number of halogens is 6. The minimum atomic E-state index is -5.05. The van der Waals surface area contributed by atoms with Gasteiger partial charge in [-0.05, 0) is 41.0 Å². The zero-order valence-electron chi connectivity index (χ0n) is 19.3. The molecule has 3 N–H and O–H groups in total. The fraction of sp³-hybridized carbons (Fsp3) is 0.200. The number of ether oxygens (including phenoxy) is 2. The summed E-state index contributed by atoms with van der Waals surface area (Å²) in [6, 6.07) is 16.3. The largest absolute Gasteiger partial charge is 0.573 e. The molecule has 0 saturated carbocycles. The molecule has 3 aromatic rings. The Kier molecular flexibility index (Phi) is 8.39. The third kappa shape index (κ3) is 8.05. The number of hydrogen-bond donors (Lipinski definition) is 3. The summed E-state index contributed by atoms with van der Waals surface area (Å²) in [6.07, 6.45) is -10.3. The molecule has 0 aliphatic heterocycles. The molecular formula is C25H20F6N2O5. The Morgan fingerprint density at radius 2 is 1.24 bits per heavy atom. The number of aliphatic carboxylic acids is 1. The van der Waals surface area contributed by atoms with Gasteiger partial charge in [0.2, 0.25) is 0 Å². The van der Waals surface area contributed by atoms with Crippen molar-refractivity contribution in [1.29, 1.82) is 0 Å². The summed E-state index contributed by atoms with van der Waals surface area (Å²) in [6.45, 7) is -0.804. The van der Waals surface area contributed by atoms with Crippen molar-refractivity contribution in [2.75, 3.05) is 6.54 Å². The molecule has 202 valence electrons. The number of rotatable bonds is 9. The third-order valence-electron chi connectivity index (χ3n) is 5.16. The maximum Gasteiger partial charge on any atom is 0.573 e. The van der Waals surface area contributed by atoms with E-state index in [1.807, 2.05) is 0 Å². The van der Waals surface area contributed by atoms with Crippen LogP contribution in [0.25, 0.3) is 0 Å². The van der Waals surface area contributed by atoms with E-state index in [1.54, 1.807) is 30.3 Å². The summed E-state index contributed by atoms with van der Waals surface area (Å²) in [4.78, 5) is 23.8.